The molecule has 1 aliphatic rings. The number of rotatable bonds is 10. The molecule has 3 aromatic rings. The molecule has 35 heavy (non-hydrogen) atoms. The zero-order valence-corrected chi connectivity index (χ0v) is 20.3. The van der Waals surface area contributed by atoms with Gasteiger partial charge in [0.05, 0.1) is 17.7 Å². The fourth-order valence-corrected chi connectivity index (χ4v) is 3.98. The Morgan fingerprint density at radius 2 is 1.80 bits per heavy atom. The number of ether oxygens (including phenoxy) is 4. The number of ketones is 1. The van der Waals surface area contributed by atoms with Crippen LogP contribution < -0.4 is 18.9 Å². The van der Waals surface area contributed by atoms with Gasteiger partial charge in [-0.3, -0.25) is 9.59 Å². The highest BCUT2D eigenvalue weighted by molar-refractivity contribution is 6.00. The number of carbonyl (C=O) groups excluding carboxylic acids is 2. The second kappa shape index (κ2) is 10.6. The van der Waals surface area contributed by atoms with E-state index in [2.05, 4.69) is 0 Å². The maximum Gasteiger partial charge on any atom is 0.203 e. The predicted octanol–water partition coefficient (Wildman–Crippen LogP) is 5.84. The zero-order chi connectivity index (χ0) is 24.8. The van der Waals surface area contributed by atoms with Gasteiger partial charge in [0, 0.05) is 12.1 Å². The van der Waals surface area contributed by atoms with Gasteiger partial charge in [0.2, 0.25) is 5.78 Å². The van der Waals surface area contributed by atoms with Crippen LogP contribution in [0.5, 0.6) is 23.0 Å². The molecular formula is C29H30O6. The third-order valence-electron chi connectivity index (χ3n) is 5.86. The quantitative estimate of drug-likeness (QED) is 0.271. The second-order valence-electron chi connectivity index (χ2n) is 9.05. The largest absolute Gasteiger partial charge is 0.494 e. The molecule has 182 valence electrons. The highest BCUT2D eigenvalue weighted by Gasteiger charge is 2.28. The lowest BCUT2D eigenvalue weighted by atomic mass is 9.93. The van der Waals surface area contributed by atoms with Crippen molar-refractivity contribution in [2.24, 2.45) is 0 Å². The monoisotopic (exact) mass is 474 g/mol. The smallest absolute Gasteiger partial charge is 0.203 e. The van der Waals surface area contributed by atoms with Gasteiger partial charge >= 0.3 is 0 Å². The molecule has 0 amide bonds. The number of Topliss-reactive ketones (excluding diaryl/α,β-unsaturated/α-hetero) is 1. The summed E-state index contributed by atoms with van der Waals surface area (Å²) in [6.45, 7) is 6.50. The molecule has 0 unspecified atom stereocenters. The Morgan fingerprint density at radius 1 is 1.00 bits per heavy atom. The summed E-state index contributed by atoms with van der Waals surface area (Å²) in [5.74, 6) is 1.77. The van der Waals surface area contributed by atoms with Gasteiger partial charge in [0.25, 0.3) is 0 Å². The first-order valence-corrected chi connectivity index (χ1v) is 11.8. The van der Waals surface area contributed by atoms with E-state index >= 15 is 0 Å². The van der Waals surface area contributed by atoms with E-state index in [9.17, 15) is 9.59 Å². The molecule has 0 bridgehead atoms. The number of hydrogen-bond donors (Lipinski definition) is 0. The standard InChI is InChI=1S/C29H30O6/c1-4-32-23-10-11-24(28(15-23)33-18-20-8-6-5-7-9-20)25(31)19-34-26-16-27-21(14-22(26)17-30)12-13-29(2,3)35-27/h5-11,14-17H,4,12-13,18-19H2,1-3H3. The average molecular weight is 475 g/mol. The van der Waals surface area contributed by atoms with Crippen LogP contribution in [0.3, 0.4) is 0 Å². The van der Waals surface area contributed by atoms with Crippen molar-refractivity contribution in [2.45, 2.75) is 45.8 Å². The van der Waals surface area contributed by atoms with Crippen molar-refractivity contribution in [3.05, 3.63) is 82.9 Å². The van der Waals surface area contributed by atoms with E-state index in [0.29, 0.717) is 47.3 Å². The van der Waals surface area contributed by atoms with Crippen molar-refractivity contribution in [1.29, 1.82) is 0 Å². The van der Waals surface area contributed by atoms with E-state index < -0.39 is 0 Å². The van der Waals surface area contributed by atoms with Gasteiger partial charge in [0.1, 0.15) is 35.2 Å². The SMILES string of the molecule is CCOc1ccc(C(=O)COc2cc3c(cc2C=O)CCC(C)(C)O3)c(OCc2ccccc2)c1. The summed E-state index contributed by atoms with van der Waals surface area (Å²) in [4.78, 5) is 24.8. The minimum Gasteiger partial charge on any atom is -0.494 e. The number of fused-ring (bicyclic) bond motifs is 1. The number of aldehydes is 1. The maximum absolute atomic E-state index is 13.1. The van der Waals surface area contributed by atoms with E-state index in [4.69, 9.17) is 18.9 Å². The third kappa shape index (κ3) is 6.01. The topological polar surface area (TPSA) is 71.1 Å². The molecule has 0 N–H and O–H groups in total. The molecule has 6 heteroatoms. The number of hydrogen-bond acceptors (Lipinski definition) is 6. The Labute approximate surface area is 205 Å². The van der Waals surface area contributed by atoms with Crippen LogP contribution in [-0.4, -0.2) is 30.9 Å². The van der Waals surface area contributed by atoms with Crippen LogP contribution in [0.1, 0.15) is 59.0 Å². The van der Waals surface area contributed by atoms with Gasteiger partial charge in [-0.1, -0.05) is 30.3 Å². The van der Waals surface area contributed by atoms with Gasteiger partial charge in [-0.15, -0.1) is 0 Å². The Hall–Kier alpha value is -3.80. The predicted molar refractivity (Wildman–Crippen MR) is 133 cm³/mol. The molecule has 0 aromatic heterocycles. The molecule has 0 spiro atoms. The lowest BCUT2D eigenvalue weighted by Crippen LogP contribution is -2.32. The fraction of sp³-hybridized carbons (Fsp3) is 0.310. The summed E-state index contributed by atoms with van der Waals surface area (Å²) in [5, 5.41) is 0. The van der Waals surface area contributed by atoms with E-state index in [1.165, 1.54) is 0 Å². The van der Waals surface area contributed by atoms with E-state index in [1.54, 1.807) is 30.3 Å². The molecule has 0 fully saturated rings. The zero-order valence-electron chi connectivity index (χ0n) is 20.3. The summed E-state index contributed by atoms with van der Waals surface area (Å²) in [5.41, 5.74) is 2.43. The van der Waals surface area contributed by atoms with Gasteiger partial charge in [0.15, 0.2) is 12.9 Å². The van der Waals surface area contributed by atoms with Crippen molar-refractivity contribution >= 4 is 12.1 Å². The second-order valence-corrected chi connectivity index (χ2v) is 9.05. The summed E-state index contributed by atoms with van der Waals surface area (Å²) >= 11 is 0. The van der Waals surface area contributed by atoms with Crippen molar-refractivity contribution in [3.8, 4) is 23.0 Å². The van der Waals surface area contributed by atoms with E-state index in [0.717, 1.165) is 30.3 Å². The number of benzene rings is 3. The van der Waals surface area contributed by atoms with Crippen LogP contribution in [0, 0.1) is 0 Å². The maximum atomic E-state index is 13.1. The first-order chi connectivity index (χ1) is 16.9. The Kier molecular flexibility index (Phi) is 7.39. The van der Waals surface area contributed by atoms with Crippen molar-refractivity contribution in [3.63, 3.8) is 0 Å². The van der Waals surface area contributed by atoms with Crippen LogP contribution in [0.15, 0.2) is 60.7 Å². The highest BCUT2D eigenvalue weighted by Crippen LogP contribution is 2.37. The highest BCUT2D eigenvalue weighted by atomic mass is 16.5. The van der Waals surface area contributed by atoms with Crippen LogP contribution in [-0.2, 0) is 13.0 Å². The molecule has 6 nitrogen and oxygen atoms in total. The average Bonchev–Trinajstić information content (AvgIpc) is 2.86. The minimum atomic E-state index is -0.296. The number of carbonyl (C=O) groups is 2. The summed E-state index contributed by atoms with van der Waals surface area (Å²) in [7, 11) is 0. The molecule has 0 saturated heterocycles. The summed E-state index contributed by atoms with van der Waals surface area (Å²) < 4.78 is 23.5. The molecule has 0 atom stereocenters. The lowest BCUT2D eigenvalue weighted by Gasteiger charge is -2.33. The molecule has 0 aliphatic carbocycles. The van der Waals surface area contributed by atoms with Crippen molar-refractivity contribution in [2.75, 3.05) is 13.2 Å². The van der Waals surface area contributed by atoms with E-state index in [-0.39, 0.29) is 18.0 Å². The Morgan fingerprint density at radius 3 is 2.54 bits per heavy atom. The molecule has 1 aliphatic heterocycles. The van der Waals surface area contributed by atoms with Crippen LogP contribution in [0.25, 0.3) is 0 Å². The first-order valence-electron chi connectivity index (χ1n) is 11.8. The first kappa shape index (κ1) is 24.3. The van der Waals surface area contributed by atoms with Gasteiger partial charge in [-0.25, -0.2) is 0 Å². The van der Waals surface area contributed by atoms with Gasteiger partial charge in [-0.2, -0.15) is 0 Å². The van der Waals surface area contributed by atoms with Crippen molar-refractivity contribution < 1.29 is 28.5 Å². The summed E-state index contributed by atoms with van der Waals surface area (Å²) in [6.07, 6.45) is 2.42. The molecular weight excluding hydrogens is 444 g/mol. The molecule has 1 heterocycles. The third-order valence-corrected chi connectivity index (χ3v) is 5.86. The van der Waals surface area contributed by atoms with Crippen LogP contribution in [0.2, 0.25) is 0 Å². The number of aryl methyl sites for hydroxylation is 1. The minimum absolute atomic E-state index is 0.251. The molecule has 0 radical (unpaired) electrons. The normalized spacial score (nSPS) is 13.8. The van der Waals surface area contributed by atoms with Gasteiger partial charge < -0.3 is 18.9 Å². The fourth-order valence-electron chi connectivity index (χ4n) is 3.98. The molecule has 0 saturated carbocycles. The Bertz CT molecular complexity index is 1200. The van der Waals surface area contributed by atoms with E-state index in [1.807, 2.05) is 51.1 Å². The van der Waals surface area contributed by atoms with Gasteiger partial charge in [-0.05, 0) is 62.9 Å². The lowest BCUT2D eigenvalue weighted by molar-refractivity contribution is 0.0832. The molecule has 4 rings (SSSR count). The van der Waals surface area contributed by atoms with Crippen LogP contribution >= 0.6 is 0 Å². The van der Waals surface area contributed by atoms with Crippen LogP contribution in [0.4, 0.5) is 0 Å². The molecule has 3 aromatic carbocycles. The van der Waals surface area contributed by atoms with Crippen molar-refractivity contribution in [1.82, 2.24) is 0 Å². The Balaban J connectivity index is 1.53. The summed E-state index contributed by atoms with van der Waals surface area (Å²) in [6, 6.07) is 18.3.